The highest BCUT2D eigenvalue weighted by molar-refractivity contribution is 5.95. The van der Waals surface area contributed by atoms with Gasteiger partial charge in [-0.25, -0.2) is 0 Å². The Morgan fingerprint density at radius 1 is 1.29 bits per heavy atom. The van der Waals surface area contributed by atoms with Crippen molar-refractivity contribution in [2.75, 3.05) is 5.32 Å². The Bertz CT molecular complexity index is 716. The van der Waals surface area contributed by atoms with Crippen molar-refractivity contribution in [3.05, 3.63) is 53.9 Å². The van der Waals surface area contributed by atoms with E-state index in [1.54, 1.807) is 24.5 Å². The predicted molar refractivity (Wildman–Crippen MR) is 79.2 cm³/mol. The SMILES string of the molecule is N#Cc1ccccc1Nc1cncc(C(=O)NC2CC2)c1. The van der Waals surface area contributed by atoms with E-state index < -0.39 is 0 Å². The van der Waals surface area contributed by atoms with Crippen molar-refractivity contribution < 1.29 is 4.79 Å². The van der Waals surface area contributed by atoms with Crippen molar-refractivity contribution in [3.63, 3.8) is 0 Å². The highest BCUT2D eigenvalue weighted by Gasteiger charge is 2.23. The molecule has 1 aliphatic rings. The fourth-order valence-electron chi connectivity index (χ4n) is 1.97. The van der Waals surface area contributed by atoms with Gasteiger partial charge < -0.3 is 10.6 Å². The molecule has 1 heterocycles. The summed E-state index contributed by atoms with van der Waals surface area (Å²) in [5.41, 5.74) is 2.44. The third-order valence-corrected chi connectivity index (χ3v) is 3.24. The smallest absolute Gasteiger partial charge is 0.253 e. The predicted octanol–water partition coefficient (Wildman–Crippen LogP) is 2.59. The van der Waals surface area contributed by atoms with Gasteiger partial charge in [0.2, 0.25) is 0 Å². The topological polar surface area (TPSA) is 77.8 Å². The van der Waals surface area contributed by atoms with Crippen LogP contribution in [0.25, 0.3) is 0 Å². The van der Waals surface area contributed by atoms with E-state index >= 15 is 0 Å². The fraction of sp³-hybridized carbons (Fsp3) is 0.188. The zero-order valence-corrected chi connectivity index (χ0v) is 11.3. The van der Waals surface area contributed by atoms with Crippen molar-refractivity contribution in [3.8, 4) is 6.07 Å². The van der Waals surface area contributed by atoms with Gasteiger partial charge in [0.25, 0.3) is 5.91 Å². The van der Waals surface area contributed by atoms with Gasteiger partial charge >= 0.3 is 0 Å². The second-order valence-corrected chi connectivity index (χ2v) is 4.99. The maximum Gasteiger partial charge on any atom is 0.253 e. The molecule has 0 unspecified atom stereocenters. The van der Waals surface area contributed by atoms with E-state index in [4.69, 9.17) is 5.26 Å². The van der Waals surface area contributed by atoms with E-state index in [0.29, 0.717) is 28.5 Å². The number of hydrogen-bond acceptors (Lipinski definition) is 4. The van der Waals surface area contributed by atoms with Gasteiger partial charge in [0.1, 0.15) is 6.07 Å². The summed E-state index contributed by atoms with van der Waals surface area (Å²) >= 11 is 0. The van der Waals surface area contributed by atoms with Crippen LogP contribution in [0.5, 0.6) is 0 Å². The molecule has 0 atom stereocenters. The highest BCUT2D eigenvalue weighted by Crippen LogP contribution is 2.22. The summed E-state index contributed by atoms with van der Waals surface area (Å²) in [7, 11) is 0. The molecule has 3 rings (SSSR count). The minimum Gasteiger partial charge on any atom is -0.353 e. The third kappa shape index (κ3) is 3.18. The number of pyridine rings is 1. The molecule has 1 amide bonds. The van der Waals surface area contributed by atoms with Gasteiger partial charge in [-0.2, -0.15) is 5.26 Å². The zero-order valence-electron chi connectivity index (χ0n) is 11.3. The average molecular weight is 278 g/mol. The molecule has 1 aromatic carbocycles. The van der Waals surface area contributed by atoms with Gasteiger partial charge in [-0.3, -0.25) is 9.78 Å². The quantitative estimate of drug-likeness (QED) is 0.901. The first-order chi connectivity index (χ1) is 10.3. The number of carbonyl (C=O) groups is 1. The monoisotopic (exact) mass is 278 g/mol. The Balaban J connectivity index is 1.79. The van der Waals surface area contributed by atoms with Crippen LogP contribution in [0.3, 0.4) is 0 Å². The molecule has 21 heavy (non-hydrogen) atoms. The average Bonchev–Trinajstić information content (AvgIpc) is 3.32. The number of carbonyl (C=O) groups excluding carboxylic acids is 1. The van der Waals surface area contributed by atoms with Crippen LogP contribution in [0.15, 0.2) is 42.7 Å². The Morgan fingerprint density at radius 2 is 2.10 bits per heavy atom. The Labute approximate surface area is 122 Å². The van der Waals surface area contributed by atoms with Crippen LogP contribution in [0.2, 0.25) is 0 Å². The number of benzene rings is 1. The lowest BCUT2D eigenvalue weighted by atomic mass is 10.2. The van der Waals surface area contributed by atoms with Crippen LogP contribution >= 0.6 is 0 Å². The first-order valence-corrected chi connectivity index (χ1v) is 6.78. The van der Waals surface area contributed by atoms with Crippen LogP contribution in [0, 0.1) is 11.3 Å². The van der Waals surface area contributed by atoms with Gasteiger partial charge in [-0.05, 0) is 31.0 Å². The molecule has 104 valence electrons. The number of aromatic nitrogens is 1. The summed E-state index contributed by atoms with van der Waals surface area (Å²) in [6, 6.07) is 11.4. The maximum absolute atomic E-state index is 12.0. The van der Waals surface area contributed by atoms with Gasteiger partial charge in [-0.15, -0.1) is 0 Å². The van der Waals surface area contributed by atoms with Crippen LogP contribution in [0.4, 0.5) is 11.4 Å². The van der Waals surface area contributed by atoms with Crippen molar-refractivity contribution in [1.82, 2.24) is 10.3 Å². The van der Waals surface area contributed by atoms with E-state index in [2.05, 4.69) is 21.7 Å². The number of hydrogen-bond donors (Lipinski definition) is 2. The lowest BCUT2D eigenvalue weighted by molar-refractivity contribution is 0.0951. The minimum absolute atomic E-state index is 0.109. The fourth-order valence-corrected chi connectivity index (χ4v) is 1.97. The van der Waals surface area contributed by atoms with Gasteiger partial charge in [-0.1, -0.05) is 12.1 Å². The number of nitriles is 1. The molecule has 0 bridgehead atoms. The number of nitrogens with zero attached hydrogens (tertiary/aromatic N) is 2. The Hall–Kier alpha value is -2.87. The summed E-state index contributed by atoms with van der Waals surface area (Å²) in [6.45, 7) is 0. The highest BCUT2D eigenvalue weighted by atomic mass is 16.1. The first-order valence-electron chi connectivity index (χ1n) is 6.78. The second kappa shape index (κ2) is 5.63. The second-order valence-electron chi connectivity index (χ2n) is 4.99. The molecular weight excluding hydrogens is 264 g/mol. The van der Waals surface area contributed by atoms with E-state index in [1.165, 1.54) is 0 Å². The molecule has 1 aliphatic carbocycles. The van der Waals surface area contributed by atoms with E-state index in [9.17, 15) is 4.79 Å². The van der Waals surface area contributed by atoms with Gasteiger partial charge in [0.05, 0.1) is 28.7 Å². The normalized spacial score (nSPS) is 13.3. The maximum atomic E-state index is 12.0. The molecule has 2 N–H and O–H groups in total. The molecule has 0 radical (unpaired) electrons. The summed E-state index contributed by atoms with van der Waals surface area (Å²) in [4.78, 5) is 16.1. The third-order valence-electron chi connectivity index (χ3n) is 3.24. The van der Waals surface area contributed by atoms with Gasteiger partial charge in [0, 0.05) is 12.2 Å². The van der Waals surface area contributed by atoms with Crippen molar-refractivity contribution in [2.45, 2.75) is 18.9 Å². The molecule has 0 saturated heterocycles. The molecular formula is C16H14N4O. The van der Waals surface area contributed by atoms with Crippen LogP contribution in [0.1, 0.15) is 28.8 Å². The Kier molecular flexibility index (Phi) is 3.52. The molecule has 1 saturated carbocycles. The van der Waals surface area contributed by atoms with Crippen LogP contribution in [-0.4, -0.2) is 16.9 Å². The van der Waals surface area contributed by atoms with Crippen LogP contribution in [-0.2, 0) is 0 Å². The molecule has 1 aromatic heterocycles. The van der Waals surface area contributed by atoms with Crippen molar-refractivity contribution in [1.29, 1.82) is 5.26 Å². The number of nitrogens with one attached hydrogen (secondary N) is 2. The summed E-state index contributed by atoms with van der Waals surface area (Å²) in [5.74, 6) is -0.109. The first kappa shape index (κ1) is 13.1. The van der Waals surface area contributed by atoms with E-state index in [0.717, 1.165) is 12.8 Å². The molecule has 2 aromatic rings. The zero-order chi connectivity index (χ0) is 14.7. The number of anilines is 2. The van der Waals surface area contributed by atoms with Crippen molar-refractivity contribution >= 4 is 17.3 Å². The van der Waals surface area contributed by atoms with E-state index in [-0.39, 0.29) is 5.91 Å². The summed E-state index contributed by atoms with van der Waals surface area (Å²) in [5, 5.41) is 15.1. The molecule has 5 heteroatoms. The standard InChI is InChI=1S/C16H14N4O/c17-8-11-3-1-2-4-15(11)19-14-7-12(9-18-10-14)16(21)20-13-5-6-13/h1-4,7,9-10,13,19H,5-6H2,(H,20,21). The lowest BCUT2D eigenvalue weighted by Crippen LogP contribution is -2.25. The molecule has 5 nitrogen and oxygen atoms in total. The summed E-state index contributed by atoms with van der Waals surface area (Å²) in [6.07, 6.45) is 5.26. The number of rotatable bonds is 4. The molecule has 0 aliphatic heterocycles. The molecule has 0 spiro atoms. The summed E-state index contributed by atoms with van der Waals surface area (Å²) < 4.78 is 0. The minimum atomic E-state index is -0.109. The number of para-hydroxylation sites is 1. The Morgan fingerprint density at radius 3 is 2.86 bits per heavy atom. The van der Waals surface area contributed by atoms with E-state index in [1.807, 2.05) is 18.2 Å². The lowest BCUT2D eigenvalue weighted by Gasteiger charge is -2.09. The van der Waals surface area contributed by atoms with Gasteiger partial charge in [0.15, 0.2) is 0 Å². The molecule has 1 fully saturated rings. The number of amides is 1. The van der Waals surface area contributed by atoms with Crippen molar-refractivity contribution in [2.24, 2.45) is 0 Å². The largest absolute Gasteiger partial charge is 0.353 e. The van der Waals surface area contributed by atoms with Crippen LogP contribution < -0.4 is 10.6 Å².